The number of Topliss-reactive ketones (excluding diaryl/α,β-unsaturated/α-hetero) is 1. The third-order valence-electron chi connectivity index (χ3n) is 3.26. The highest BCUT2D eigenvalue weighted by Crippen LogP contribution is 2.28. The number of methoxy groups -OCH3 is 2. The van der Waals surface area contributed by atoms with Crippen LogP contribution in [0.25, 0.3) is 10.7 Å². The van der Waals surface area contributed by atoms with Gasteiger partial charge in [-0.15, -0.1) is 16.4 Å². The largest absolute Gasteiger partial charge is 0.493 e. The van der Waals surface area contributed by atoms with Gasteiger partial charge in [-0.05, 0) is 29.6 Å². The maximum atomic E-state index is 12.3. The molecule has 2 heterocycles. The summed E-state index contributed by atoms with van der Waals surface area (Å²) >= 11 is 2.88. The van der Waals surface area contributed by atoms with E-state index in [-0.39, 0.29) is 11.5 Å². The Morgan fingerprint density at radius 2 is 2.08 bits per heavy atom. The zero-order chi connectivity index (χ0) is 16.9. The minimum absolute atomic E-state index is 0.0246. The number of ether oxygens (including phenoxy) is 2. The predicted octanol–water partition coefficient (Wildman–Crippen LogP) is 3.53. The number of aromatic nitrogens is 3. The number of ketones is 1. The molecule has 0 saturated carbocycles. The maximum absolute atomic E-state index is 12.3. The van der Waals surface area contributed by atoms with Gasteiger partial charge in [0.15, 0.2) is 23.1 Å². The first-order valence-corrected chi connectivity index (χ1v) is 8.92. The molecule has 3 aromatic rings. The van der Waals surface area contributed by atoms with Crippen molar-refractivity contribution in [3.8, 4) is 22.2 Å². The third kappa shape index (κ3) is 3.60. The summed E-state index contributed by atoms with van der Waals surface area (Å²) in [5, 5.41) is 9.55. The predicted molar refractivity (Wildman–Crippen MR) is 94.3 cm³/mol. The normalized spacial score (nSPS) is 10.6. The molecule has 0 amide bonds. The van der Waals surface area contributed by atoms with Gasteiger partial charge < -0.3 is 9.47 Å². The molecule has 1 N–H and O–H groups in total. The number of rotatable bonds is 7. The first-order valence-electron chi connectivity index (χ1n) is 7.05. The number of aromatic amines is 1. The third-order valence-corrected chi connectivity index (χ3v) is 4.98. The number of hydrogen-bond donors (Lipinski definition) is 1. The molecule has 2 aromatic heterocycles. The fourth-order valence-corrected chi connectivity index (χ4v) is 3.41. The summed E-state index contributed by atoms with van der Waals surface area (Å²) in [6.45, 7) is 0. The molecule has 0 atom stereocenters. The molecule has 0 aliphatic carbocycles. The van der Waals surface area contributed by atoms with Crippen molar-refractivity contribution in [1.29, 1.82) is 0 Å². The van der Waals surface area contributed by atoms with E-state index in [4.69, 9.17) is 9.47 Å². The Kier molecular flexibility index (Phi) is 5.17. The van der Waals surface area contributed by atoms with Crippen LogP contribution in [0.4, 0.5) is 0 Å². The summed E-state index contributed by atoms with van der Waals surface area (Å²) in [5.74, 6) is 2.06. The zero-order valence-corrected chi connectivity index (χ0v) is 14.7. The van der Waals surface area contributed by atoms with Crippen molar-refractivity contribution in [2.45, 2.75) is 5.16 Å². The van der Waals surface area contributed by atoms with Gasteiger partial charge in [-0.1, -0.05) is 17.8 Å². The minimum Gasteiger partial charge on any atom is -0.493 e. The molecular formula is C16H15N3O3S2. The molecule has 0 bridgehead atoms. The van der Waals surface area contributed by atoms with Gasteiger partial charge in [0.1, 0.15) is 0 Å². The number of H-pyrrole nitrogens is 1. The fourth-order valence-electron chi connectivity index (χ4n) is 2.06. The summed E-state index contributed by atoms with van der Waals surface area (Å²) < 4.78 is 10.4. The van der Waals surface area contributed by atoms with Crippen molar-refractivity contribution in [2.75, 3.05) is 20.0 Å². The average Bonchev–Trinajstić information content (AvgIpc) is 3.30. The van der Waals surface area contributed by atoms with Crippen LogP contribution in [0.2, 0.25) is 0 Å². The summed E-state index contributed by atoms with van der Waals surface area (Å²) in [6, 6.07) is 9.04. The van der Waals surface area contributed by atoms with E-state index in [1.165, 1.54) is 11.8 Å². The summed E-state index contributed by atoms with van der Waals surface area (Å²) in [6.07, 6.45) is 0. The van der Waals surface area contributed by atoms with Crippen molar-refractivity contribution in [2.24, 2.45) is 0 Å². The molecular weight excluding hydrogens is 346 g/mol. The summed E-state index contributed by atoms with van der Waals surface area (Å²) in [4.78, 5) is 17.7. The van der Waals surface area contributed by atoms with Gasteiger partial charge in [0.2, 0.25) is 5.16 Å². The lowest BCUT2D eigenvalue weighted by atomic mass is 10.1. The van der Waals surface area contributed by atoms with E-state index in [9.17, 15) is 4.79 Å². The van der Waals surface area contributed by atoms with Gasteiger partial charge in [-0.3, -0.25) is 9.89 Å². The second-order valence-corrected chi connectivity index (χ2v) is 6.62. The van der Waals surface area contributed by atoms with E-state index in [2.05, 4.69) is 15.2 Å². The van der Waals surface area contributed by atoms with Crippen LogP contribution in [0.15, 0.2) is 40.9 Å². The van der Waals surface area contributed by atoms with Gasteiger partial charge in [0.25, 0.3) is 0 Å². The number of carbonyl (C=O) groups is 1. The molecule has 8 heteroatoms. The maximum Gasteiger partial charge on any atom is 0.209 e. The van der Waals surface area contributed by atoms with E-state index in [1.54, 1.807) is 43.8 Å². The molecule has 124 valence electrons. The van der Waals surface area contributed by atoms with Crippen molar-refractivity contribution in [1.82, 2.24) is 15.2 Å². The van der Waals surface area contributed by atoms with Crippen molar-refractivity contribution in [3.63, 3.8) is 0 Å². The molecule has 6 nitrogen and oxygen atoms in total. The Bertz CT molecular complexity index is 831. The Morgan fingerprint density at radius 3 is 2.79 bits per heavy atom. The monoisotopic (exact) mass is 361 g/mol. The smallest absolute Gasteiger partial charge is 0.209 e. The van der Waals surface area contributed by atoms with Crippen LogP contribution in [0.3, 0.4) is 0 Å². The molecule has 24 heavy (non-hydrogen) atoms. The topological polar surface area (TPSA) is 77.1 Å². The van der Waals surface area contributed by atoms with E-state index in [0.29, 0.717) is 28.0 Å². The number of benzene rings is 1. The lowest BCUT2D eigenvalue weighted by Crippen LogP contribution is -2.03. The average molecular weight is 361 g/mol. The molecule has 0 fully saturated rings. The highest BCUT2D eigenvalue weighted by molar-refractivity contribution is 7.99. The van der Waals surface area contributed by atoms with Crippen LogP contribution in [0, 0.1) is 0 Å². The fraction of sp³-hybridized carbons (Fsp3) is 0.188. The Labute approximate surface area is 147 Å². The number of nitrogens with one attached hydrogen (secondary N) is 1. The van der Waals surface area contributed by atoms with Gasteiger partial charge >= 0.3 is 0 Å². The van der Waals surface area contributed by atoms with E-state index in [1.807, 2.05) is 17.5 Å². The van der Waals surface area contributed by atoms with E-state index >= 15 is 0 Å². The van der Waals surface area contributed by atoms with Crippen molar-refractivity contribution >= 4 is 28.9 Å². The number of nitrogens with zero attached hydrogens (tertiary/aromatic N) is 2. The first-order chi connectivity index (χ1) is 11.7. The molecule has 0 spiro atoms. The van der Waals surface area contributed by atoms with Crippen molar-refractivity contribution in [3.05, 3.63) is 41.3 Å². The number of hydrogen-bond acceptors (Lipinski definition) is 7. The number of thioether (sulfide) groups is 1. The van der Waals surface area contributed by atoms with Crippen LogP contribution >= 0.6 is 23.1 Å². The Morgan fingerprint density at radius 1 is 1.25 bits per heavy atom. The lowest BCUT2D eigenvalue weighted by Gasteiger charge is -2.08. The SMILES string of the molecule is COc1ccc(C(=O)CSc2n[nH]c(-c3cccs3)n2)cc1OC. The van der Waals surface area contributed by atoms with Crippen LogP contribution in [-0.2, 0) is 0 Å². The van der Waals surface area contributed by atoms with Gasteiger partial charge in [-0.2, -0.15) is 0 Å². The minimum atomic E-state index is -0.0246. The molecule has 0 radical (unpaired) electrons. The van der Waals surface area contributed by atoms with Crippen LogP contribution < -0.4 is 9.47 Å². The van der Waals surface area contributed by atoms with Crippen LogP contribution in [0.1, 0.15) is 10.4 Å². The quantitative estimate of drug-likeness (QED) is 0.512. The molecule has 0 unspecified atom stereocenters. The second-order valence-electron chi connectivity index (χ2n) is 4.73. The zero-order valence-electron chi connectivity index (χ0n) is 13.1. The van der Waals surface area contributed by atoms with Crippen LogP contribution in [0.5, 0.6) is 11.5 Å². The molecule has 0 aliphatic heterocycles. The standard InChI is InChI=1S/C16H15N3O3S2/c1-21-12-6-5-10(8-13(12)22-2)11(20)9-24-16-17-15(18-19-16)14-4-3-7-23-14/h3-8H,9H2,1-2H3,(H,17,18,19). The molecule has 1 aromatic carbocycles. The van der Waals surface area contributed by atoms with E-state index < -0.39 is 0 Å². The molecule has 0 aliphatic rings. The summed E-state index contributed by atoms with van der Waals surface area (Å²) in [5.41, 5.74) is 0.564. The van der Waals surface area contributed by atoms with Gasteiger partial charge in [-0.25, -0.2) is 4.98 Å². The van der Waals surface area contributed by atoms with Crippen molar-refractivity contribution < 1.29 is 14.3 Å². The Balaban J connectivity index is 1.65. The highest BCUT2D eigenvalue weighted by atomic mass is 32.2. The lowest BCUT2D eigenvalue weighted by molar-refractivity contribution is 0.102. The molecule has 3 rings (SSSR count). The van der Waals surface area contributed by atoms with E-state index in [0.717, 1.165) is 4.88 Å². The number of thiophene rings is 1. The van der Waals surface area contributed by atoms with Crippen LogP contribution in [-0.4, -0.2) is 40.9 Å². The molecule has 0 saturated heterocycles. The first kappa shape index (κ1) is 16.5. The second kappa shape index (κ2) is 7.50. The van der Waals surface area contributed by atoms with Gasteiger partial charge in [0.05, 0.1) is 24.8 Å². The Hall–Kier alpha value is -2.32. The van der Waals surface area contributed by atoms with Gasteiger partial charge in [0, 0.05) is 5.56 Å². The summed E-state index contributed by atoms with van der Waals surface area (Å²) in [7, 11) is 3.10. The number of carbonyl (C=O) groups excluding carboxylic acids is 1. The highest BCUT2D eigenvalue weighted by Gasteiger charge is 2.13.